The summed E-state index contributed by atoms with van der Waals surface area (Å²) in [5, 5.41) is 0. The first-order valence-electron chi connectivity index (χ1n) is 5.23. The molecular formula is C10H18N2O2. The van der Waals surface area contributed by atoms with Crippen molar-refractivity contribution in [2.75, 3.05) is 33.8 Å². The minimum absolute atomic E-state index is 0.223. The van der Waals surface area contributed by atoms with Gasteiger partial charge >= 0.3 is 0 Å². The van der Waals surface area contributed by atoms with Crippen LogP contribution in [0.25, 0.3) is 0 Å². The molecule has 0 aromatic rings. The molecule has 2 heterocycles. The zero-order valence-electron chi connectivity index (χ0n) is 8.95. The number of ether oxygens (including phenoxy) is 1. The number of likely N-dealkylation sites (tertiary alicyclic amines) is 1. The summed E-state index contributed by atoms with van der Waals surface area (Å²) in [6.07, 6.45) is 2.41. The van der Waals surface area contributed by atoms with Crippen LogP contribution in [0, 0.1) is 0 Å². The number of rotatable bonds is 0. The van der Waals surface area contributed by atoms with Gasteiger partial charge in [-0.1, -0.05) is 0 Å². The third-order valence-corrected chi connectivity index (χ3v) is 3.44. The zero-order valence-corrected chi connectivity index (χ0v) is 8.95. The quantitative estimate of drug-likeness (QED) is 0.561. The predicted octanol–water partition coefficient (Wildman–Crippen LogP) is 0.287. The molecular weight excluding hydrogens is 180 g/mol. The molecule has 80 valence electrons. The first-order chi connectivity index (χ1) is 6.64. The lowest BCUT2D eigenvalue weighted by Crippen LogP contribution is -2.59. The van der Waals surface area contributed by atoms with Gasteiger partial charge in [-0.3, -0.25) is 4.79 Å². The summed E-state index contributed by atoms with van der Waals surface area (Å²) < 4.78 is 5.82. The summed E-state index contributed by atoms with van der Waals surface area (Å²) in [6.45, 7) is 2.61. The second kappa shape index (κ2) is 3.51. The van der Waals surface area contributed by atoms with Crippen molar-refractivity contribution in [3.8, 4) is 0 Å². The summed E-state index contributed by atoms with van der Waals surface area (Å²) in [5.41, 5.74) is -0.290. The molecule has 0 saturated carbocycles. The third-order valence-electron chi connectivity index (χ3n) is 3.44. The van der Waals surface area contributed by atoms with Gasteiger partial charge in [0, 0.05) is 33.0 Å². The molecule has 0 aromatic heterocycles. The van der Waals surface area contributed by atoms with Crippen molar-refractivity contribution in [2.45, 2.75) is 25.0 Å². The fourth-order valence-electron chi connectivity index (χ4n) is 2.27. The predicted molar refractivity (Wildman–Crippen MR) is 52.8 cm³/mol. The summed E-state index contributed by atoms with van der Waals surface area (Å²) in [7, 11) is 3.98. The van der Waals surface area contributed by atoms with E-state index in [1.807, 2.05) is 11.9 Å². The number of nitrogens with zero attached hydrogens (tertiary/aromatic N) is 2. The number of hydrogen-bond acceptors (Lipinski definition) is 3. The molecule has 2 aliphatic heterocycles. The van der Waals surface area contributed by atoms with Crippen molar-refractivity contribution in [3.63, 3.8) is 0 Å². The maximum absolute atomic E-state index is 11.6. The molecule has 0 atom stereocenters. The van der Waals surface area contributed by atoms with E-state index >= 15 is 0 Å². The molecule has 2 aliphatic rings. The van der Waals surface area contributed by atoms with Gasteiger partial charge in [-0.15, -0.1) is 0 Å². The molecule has 4 nitrogen and oxygen atoms in total. The Morgan fingerprint density at radius 2 is 1.93 bits per heavy atom. The molecule has 1 spiro atoms. The fourth-order valence-corrected chi connectivity index (χ4v) is 2.27. The second-order valence-electron chi connectivity index (χ2n) is 4.30. The van der Waals surface area contributed by atoms with Gasteiger partial charge in [0.15, 0.2) is 0 Å². The average Bonchev–Trinajstić information content (AvgIpc) is 2.19. The Kier molecular flexibility index (Phi) is 2.49. The van der Waals surface area contributed by atoms with E-state index in [0.717, 1.165) is 25.9 Å². The van der Waals surface area contributed by atoms with Gasteiger partial charge in [0.25, 0.3) is 0 Å². The van der Waals surface area contributed by atoms with Gasteiger partial charge in [-0.25, -0.2) is 0 Å². The van der Waals surface area contributed by atoms with Gasteiger partial charge in [0.2, 0.25) is 5.91 Å². The molecule has 0 aliphatic carbocycles. The van der Waals surface area contributed by atoms with Crippen LogP contribution in [0.4, 0.5) is 0 Å². The van der Waals surface area contributed by atoms with Gasteiger partial charge in [-0.05, 0) is 7.05 Å². The normalized spacial score (nSPS) is 28.4. The van der Waals surface area contributed by atoms with Crippen LogP contribution in [-0.2, 0) is 9.53 Å². The van der Waals surface area contributed by atoms with Crippen molar-refractivity contribution in [1.29, 1.82) is 0 Å². The summed E-state index contributed by atoms with van der Waals surface area (Å²) in [6, 6.07) is 0. The van der Waals surface area contributed by atoms with E-state index in [4.69, 9.17) is 4.74 Å². The average molecular weight is 198 g/mol. The Hall–Kier alpha value is -0.610. The van der Waals surface area contributed by atoms with Crippen LogP contribution >= 0.6 is 0 Å². The molecule has 2 fully saturated rings. The van der Waals surface area contributed by atoms with Crippen molar-refractivity contribution < 1.29 is 9.53 Å². The van der Waals surface area contributed by atoms with Crippen LogP contribution in [0.15, 0.2) is 0 Å². The van der Waals surface area contributed by atoms with Crippen molar-refractivity contribution in [2.24, 2.45) is 0 Å². The Morgan fingerprint density at radius 1 is 1.29 bits per heavy atom. The van der Waals surface area contributed by atoms with Crippen LogP contribution in [0.5, 0.6) is 0 Å². The Labute approximate surface area is 84.8 Å². The molecule has 0 N–H and O–H groups in total. The lowest BCUT2D eigenvalue weighted by atomic mass is 9.97. The van der Waals surface area contributed by atoms with Crippen LogP contribution in [0.3, 0.4) is 0 Å². The number of carbonyl (C=O) groups excluding carboxylic acids is 1. The number of amides is 1. The summed E-state index contributed by atoms with van der Waals surface area (Å²) in [5.74, 6) is 0.223. The maximum atomic E-state index is 11.6. The first kappa shape index (κ1) is 9.93. The van der Waals surface area contributed by atoms with E-state index in [1.165, 1.54) is 0 Å². The number of piperidine rings is 1. The fraction of sp³-hybridized carbons (Fsp3) is 0.900. The topological polar surface area (TPSA) is 32.8 Å². The lowest BCUT2D eigenvalue weighted by molar-refractivity contribution is -0.204. The first-order valence-corrected chi connectivity index (χ1v) is 5.23. The second-order valence-corrected chi connectivity index (χ2v) is 4.30. The molecule has 0 radical (unpaired) electrons. The van der Waals surface area contributed by atoms with E-state index in [-0.39, 0.29) is 11.6 Å². The molecule has 2 saturated heterocycles. The highest BCUT2D eigenvalue weighted by atomic mass is 16.5. The Balaban J connectivity index is 2.10. The monoisotopic (exact) mass is 198 g/mol. The highest BCUT2D eigenvalue weighted by molar-refractivity contribution is 5.77. The smallest absolute Gasteiger partial charge is 0.226 e. The van der Waals surface area contributed by atoms with Crippen molar-refractivity contribution in [3.05, 3.63) is 0 Å². The number of carbonyl (C=O) groups is 1. The van der Waals surface area contributed by atoms with Crippen LogP contribution in [0.1, 0.15) is 19.3 Å². The standard InChI is InChI=1S/C10H18N2O2/c1-11-6-4-10(5-7-11)12(2)9(13)3-8-14-10/h3-8H2,1-2H3. The van der Waals surface area contributed by atoms with Crippen molar-refractivity contribution >= 4 is 5.91 Å². The van der Waals surface area contributed by atoms with Crippen molar-refractivity contribution in [1.82, 2.24) is 9.80 Å². The maximum Gasteiger partial charge on any atom is 0.226 e. The summed E-state index contributed by atoms with van der Waals surface area (Å²) in [4.78, 5) is 15.7. The highest BCUT2D eigenvalue weighted by Crippen LogP contribution is 2.32. The largest absolute Gasteiger partial charge is 0.355 e. The van der Waals surface area contributed by atoms with Crippen LogP contribution < -0.4 is 0 Å². The van der Waals surface area contributed by atoms with Gasteiger partial charge in [-0.2, -0.15) is 0 Å². The van der Waals surface area contributed by atoms with E-state index in [9.17, 15) is 4.79 Å². The van der Waals surface area contributed by atoms with Gasteiger partial charge in [0.1, 0.15) is 5.72 Å². The minimum Gasteiger partial charge on any atom is -0.355 e. The van der Waals surface area contributed by atoms with Crippen LogP contribution in [-0.4, -0.2) is 55.2 Å². The molecule has 14 heavy (non-hydrogen) atoms. The highest BCUT2D eigenvalue weighted by Gasteiger charge is 2.43. The third kappa shape index (κ3) is 1.53. The molecule has 0 unspecified atom stereocenters. The van der Waals surface area contributed by atoms with E-state index in [0.29, 0.717) is 13.0 Å². The Morgan fingerprint density at radius 3 is 2.57 bits per heavy atom. The van der Waals surface area contributed by atoms with E-state index < -0.39 is 0 Å². The molecule has 0 aromatic carbocycles. The van der Waals surface area contributed by atoms with E-state index in [1.54, 1.807) is 0 Å². The van der Waals surface area contributed by atoms with Gasteiger partial charge < -0.3 is 14.5 Å². The molecule has 1 amide bonds. The molecule has 4 heteroatoms. The van der Waals surface area contributed by atoms with E-state index in [2.05, 4.69) is 11.9 Å². The SMILES string of the molecule is CN1CCC2(CC1)OCCC(=O)N2C. The lowest BCUT2D eigenvalue weighted by Gasteiger charge is -2.48. The minimum atomic E-state index is -0.290. The number of hydrogen-bond donors (Lipinski definition) is 0. The van der Waals surface area contributed by atoms with Crippen LogP contribution in [0.2, 0.25) is 0 Å². The molecule has 2 rings (SSSR count). The van der Waals surface area contributed by atoms with Gasteiger partial charge in [0.05, 0.1) is 13.0 Å². The Bertz CT molecular complexity index is 234. The summed E-state index contributed by atoms with van der Waals surface area (Å²) >= 11 is 0. The molecule has 0 bridgehead atoms. The zero-order chi connectivity index (χ0) is 10.2.